The average molecular weight is 143 g/mol. The van der Waals surface area contributed by atoms with Crippen molar-refractivity contribution >= 4 is 12.6 Å². The molecule has 52 valence electrons. The van der Waals surface area contributed by atoms with Gasteiger partial charge in [0.2, 0.25) is 0 Å². The molecule has 0 amide bonds. The van der Waals surface area contributed by atoms with Gasteiger partial charge in [0.05, 0.1) is 0 Å². The Morgan fingerprint density at radius 1 is 1.78 bits per heavy atom. The smallest absolute Gasteiger partial charge is 0.0204 e. The molecule has 1 aliphatic heterocycles. The van der Waals surface area contributed by atoms with E-state index in [2.05, 4.69) is 30.5 Å². The zero-order valence-electron chi connectivity index (χ0n) is 5.80. The summed E-state index contributed by atoms with van der Waals surface area (Å²) >= 11 is 4.20. The SMILES string of the molecule is CCN1CC=C(CS)C1. The fourth-order valence-electron chi connectivity index (χ4n) is 1.03. The molecule has 0 unspecified atom stereocenters. The van der Waals surface area contributed by atoms with Crippen LogP contribution in [-0.2, 0) is 0 Å². The van der Waals surface area contributed by atoms with Gasteiger partial charge in [-0.15, -0.1) is 0 Å². The van der Waals surface area contributed by atoms with Crippen molar-refractivity contribution in [2.75, 3.05) is 25.4 Å². The van der Waals surface area contributed by atoms with Gasteiger partial charge in [-0.25, -0.2) is 0 Å². The maximum atomic E-state index is 4.20. The summed E-state index contributed by atoms with van der Waals surface area (Å²) in [6, 6.07) is 0. The first kappa shape index (κ1) is 7.16. The van der Waals surface area contributed by atoms with Crippen LogP contribution in [-0.4, -0.2) is 30.3 Å². The standard InChI is InChI=1S/C7H13NS/c1-2-8-4-3-7(5-8)6-9/h3,9H,2,4-6H2,1H3. The lowest BCUT2D eigenvalue weighted by molar-refractivity contribution is 0.369. The predicted molar refractivity (Wildman–Crippen MR) is 44.1 cm³/mol. The van der Waals surface area contributed by atoms with Gasteiger partial charge in [0, 0.05) is 18.8 Å². The van der Waals surface area contributed by atoms with Gasteiger partial charge in [-0.1, -0.05) is 13.0 Å². The van der Waals surface area contributed by atoms with Crippen LogP contribution in [0.3, 0.4) is 0 Å². The molecule has 0 fully saturated rings. The van der Waals surface area contributed by atoms with Crippen LogP contribution >= 0.6 is 12.6 Å². The first-order valence-electron chi connectivity index (χ1n) is 3.38. The molecule has 1 nitrogen and oxygen atoms in total. The van der Waals surface area contributed by atoms with Crippen LogP contribution in [0.4, 0.5) is 0 Å². The molecule has 0 aromatic carbocycles. The van der Waals surface area contributed by atoms with E-state index in [0.717, 1.165) is 25.4 Å². The van der Waals surface area contributed by atoms with Crippen LogP contribution in [0.5, 0.6) is 0 Å². The molecule has 0 bridgehead atoms. The summed E-state index contributed by atoms with van der Waals surface area (Å²) in [6.07, 6.45) is 2.27. The molecule has 0 N–H and O–H groups in total. The minimum atomic E-state index is 0.927. The third-order valence-electron chi connectivity index (χ3n) is 1.72. The summed E-state index contributed by atoms with van der Waals surface area (Å²) in [4.78, 5) is 2.39. The molecule has 0 aliphatic carbocycles. The molecule has 0 aromatic heterocycles. The highest BCUT2D eigenvalue weighted by molar-refractivity contribution is 7.80. The molecule has 1 rings (SSSR count). The minimum Gasteiger partial charge on any atom is -0.296 e. The predicted octanol–water partition coefficient (Wildman–Crippen LogP) is 1.18. The second-order valence-electron chi connectivity index (χ2n) is 2.35. The zero-order chi connectivity index (χ0) is 6.69. The number of hydrogen-bond acceptors (Lipinski definition) is 2. The van der Waals surface area contributed by atoms with E-state index < -0.39 is 0 Å². The summed E-state index contributed by atoms with van der Waals surface area (Å²) in [7, 11) is 0. The summed E-state index contributed by atoms with van der Waals surface area (Å²) in [5, 5.41) is 0. The highest BCUT2D eigenvalue weighted by atomic mass is 32.1. The number of nitrogens with zero attached hydrogens (tertiary/aromatic N) is 1. The molecule has 0 saturated heterocycles. The van der Waals surface area contributed by atoms with E-state index in [1.165, 1.54) is 5.57 Å². The van der Waals surface area contributed by atoms with Crippen molar-refractivity contribution in [3.05, 3.63) is 11.6 Å². The van der Waals surface area contributed by atoms with Crippen LogP contribution in [0.2, 0.25) is 0 Å². The largest absolute Gasteiger partial charge is 0.296 e. The Morgan fingerprint density at radius 3 is 2.89 bits per heavy atom. The molecular formula is C7H13NS. The van der Waals surface area contributed by atoms with Gasteiger partial charge in [-0.2, -0.15) is 12.6 Å². The zero-order valence-corrected chi connectivity index (χ0v) is 6.69. The van der Waals surface area contributed by atoms with Crippen LogP contribution in [0, 0.1) is 0 Å². The molecule has 0 aromatic rings. The Labute approximate surface area is 62.1 Å². The molecule has 1 heterocycles. The Morgan fingerprint density at radius 2 is 2.56 bits per heavy atom. The summed E-state index contributed by atoms with van der Waals surface area (Å²) < 4.78 is 0. The van der Waals surface area contributed by atoms with Crippen molar-refractivity contribution in [1.29, 1.82) is 0 Å². The Kier molecular flexibility index (Phi) is 2.61. The first-order valence-corrected chi connectivity index (χ1v) is 4.01. The number of thiol groups is 1. The van der Waals surface area contributed by atoms with Crippen LogP contribution in [0.15, 0.2) is 11.6 Å². The summed E-state index contributed by atoms with van der Waals surface area (Å²) in [6.45, 7) is 5.62. The van der Waals surface area contributed by atoms with Crippen molar-refractivity contribution in [2.24, 2.45) is 0 Å². The van der Waals surface area contributed by atoms with Crippen LogP contribution in [0.1, 0.15) is 6.92 Å². The number of rotatable bonds is 2. The highest BCUT2D eigenvalue weighted by Crippen LogP contribution is 2.08. The van der Waals surface area contributed by atoms with Gasteiger partial charge in [-0.05, 0) is 12.1 Å². The fourth-order valence-corrected chi connectivity index (χ4v) is 1.26. The van der Waals surface area contributed by atoms with Crippen molar-refractivity contribution in [2.45, 2.75) is 6.92 Å². The van der Waals surface area contributed by atoms with Crippen LogP contribution < -0.4 is 0 Å². The fraction of sp³-hybridized carbons (Fsp3) is 0.714. The van der Waals surface area contributed by atoms with E-state index in [4.69, 9.17) is 0 Å². The first-order chi connectivity index (χ1) is 4.36. The second-order valence-corrected chi connectivity index (χ2v) is 2.66. The van der Waals surface area contributed by atoms with Gasteiger partial charge in [0.25, 0.3) is 0 Å². The van der Waals surface area contributed by atoms with Crippen molar-refractivity contribution in [3.8, 4) is 0 Å². The van der Waals surface area contributed by atoms with E-state index in [0.29, 0.717) is 0 Å². The molecule has 0 spiro atoms. The number of hydrogen-bond donors (Lipinski definition) is 1. The highest BCUT2D eigenvalue weighted by Gasteiger charge is 2.09. The molecule has 9 heavy (non-hydrogen) atoms. The molecular weight excluding hydrogens is 130 g/mol. The van der Waals surface area contributed by atoms with E-state index >= 15 is 0 Å². The topological polar surface area (TPSA) is 3.24 Å². The Bertz CT molecular complexity index is 120. The maximum absolute atomic E-state index is 4.20. The van der Waals surface area contributed by atoms with Gasteiger partial charge < -0.3 is 0 Å². The maximum Gasteiger partial charge on any atom is 0.0204 e. The lowest BCUT2D eigenvalue weighted by atomic mass is 10.3. The monoisotopic (exact) mass is 143 g/mol. The van der Waals surface area contributed by atoms with Gasteiger partial charge in [0.15, 0.2) is 0 Å². The molecule has 1 aliphatic rings. The molecule has 0 atom stereocenters. The normalized spacial score (nSPS) is 20.4. The second kappa shape index (κ2) is 3.28. The Hall–Kier alpha value is 0.0500. The third kappa shape index (κ3) is 1.73. The summed E-state index contributed by atoms with van der Waals surface area (Å²) in [5.41, 5.74) is 1.47. The quantitative estimate of drug-likeness (QED) is 0.449. The van der Waals surface area contributed by atoms with Gasteiger partial charge >= 0.3 is 0 Å². The van der Waals surface area contributed by atoms with Gasteiger partial charge in [-0.3, -0.25) is 4.90 Å². The van der Waals surface area contributed by atoms with Crippen molar-refractivity contribution in [1.82, 2.24) is 4.90 Å². The van der Waals surface area contributed by atoms with Crippen LogP contribution in [0.25, 0.3) is 0 Å². The molecule has 2 heteroatoms. The van der Waals surface area contributed by atoms with Crippen molar-refractivity contribution in [3.63, 3.8) is 0 Å². The molecule has 0 saturated carbocycles. The lowest BCUT2D eigenvalue weighted by Crippen LogP contribution is -2.20. The van der Waals surface area contributed by atoms with Gasteiger partial charge in [0.1, 0.15) is 0 Å². The summed E-state index contributed by atoms with van der Waals surface area (Å²) in [5.74, 6) is 0.927. The lowest BCUT2D eigenvalue weighted by Gasteiger charge is -2.10. The Balaban J connectivity index is 2.31. The number of likely N-dealkylation sites (N-methyl/N-ethyl adjacent to an activating group) is 1. The van der Waals surface area contributed by atoms with E-state index in [9.17, 15) is 0 Å². The van der Waals surface area contributed by atoms with E-state index in [1.807, 2.05) is 0 Å². The average Bonchev–Trinajstić information content (AvgIpc) is 2.34. The van der Waals surface area contributed by atoms with Crippen molar-refractivity contribution < 1.29 is 0 Å². The van der Waals surface area contributed by atoms with E-state index in [-0.39, 0.29) is 0 Å². The van der Waals surface area contributed by atoms with E-state index in [1.54, 1.807) is 0 Å². The molecule has 0 radical (unpaired) electrons. The minimum absolute atomic E-state index is 0.927. The third-order valence-corrected chi connectivity index (χ3v) is 2.12.